The number of rotatable bonds is 14. The van der Waals surface area contributed by atoms with Gasteiger partial charge in [-0.05, 0) is 161 Å². The zero-order valence-electron chi connectivity index (χ0n) is 38.0. The maximum Gasteiger partial charge on any atom is 0.309 e. The third-order valence-electron chi connectivity index (χ3n) is 19.0. The van der Waals surface area contributed by atoms with Crippen LogP contribution < -0.4 is 5.32 Å². The highest BCUT2D eigenvalue weighted by atomic mass is 16.5. The van der Waals surface area contributed by atoms with Gasteiger partial charge in [0.1, 0.15) is 6.10 Å². The van der Waals surface area contributed by atoms with Crippen LogP contribution in [0.25, 0.3) is 0 Å². The second-order valence-electron chi connectivity index (χ2n) is 22.7. The number of carbonyl (C=O) groups excluding carboxylic acids is 1. The van der Waals surface area contributed by atoms with Crippen LogP contribution in [0.1, 0.15) is 144 Å². The van der Waals surface area contributed by atoms with Gasteiger partial charge in [0.2, 0.25) is 0 Å². The number of hydrogen-bond donors (Lipinski definition) is 2. The van der Waals surface area contributed by atoms with Crippen molar-refractivity contribution < 1.29 is 19.4 Å². The van der Waals surface area contributed by atoms with Crippen molar-refractivity contribution in [2.45, 2.75) is 152 Å². The van der Waals surface area contributed by atoms with Crippen LogP contribution in [-0.2, 0) is 20.9 Å². The summed E-state index contributed by atoms with van der Waals surface area (Å²) in [6.45, 7) is 32.1. The highest BCUT2D eigenvalue weighted by Crippen LogP contribution is 2.78. The van der Waals surface area contributed by atoms with E-state index >= 15 is 0 Å². The number of nitrogens with one attached hydrogen (secondary N) is 1. The number of benzene rings is 1. The Labute approximate surface area is 352 Å². The third-order valence-corrected chi connectivity index (χ3v) is 19.0. The number of carboxylic acid groups (broad SMARTS) is 1. The first-order valence-electron chi connectivity index (χ1n) is 23.6. The van der Waals surface area contributed by atoms with E-state index in [-0.39, 0.29) is 34.7 Å². The fraction of sp³-hybridized carbons (Fsp3) is 0.804. The zero-order chi connectivity index (χ0) is 41.7. The molecule has 1 heterocycles. The smallest absolute Gasteiger partial charge is 0.309 e. The van der Waals surface area contributed by atoms with Gasteiger partial charge in [-0.1, -0.05) is 77.1 Å². The number of carbonyl (C=O) groups is 2. The molecule has 1 aromatic carbocycles. The van der Waals surface area contributed by atoms with Crippen LogP contribution >= 0.6 is 0 Å². The minimum absolute atomic E-state index is 0.0877. The molecule has 0 bridgehead atoms. The van der Waals surface area contributed by atoms with Crippen molar-refractivity contribution in [1.29, 1.82) is 0 Å². The number of hydrogen-bond acceptors (Lipinski definition) is 6. The quantitative estimate of drug-likeness (QED) is 0.110. The maximum absolute atomic E-state index is 13.2. The van der Waals surface area contributed by atoms with Gasteiger partial charge in [-0.15, -0.1) is 0 Å². The summed E-state index contributed by atoms with van der Waals surface area (Å²) in [5.41, 5.74) is 2.83. The van der Waals surface area contributed by atoms with Crippen LogP contribution in [0.5, 0.6) is 0 Å². The Hall–Kier alpha value is -2.22. The lowest BCUT2D eigenvalue weighted by Crippen LogP contribution is -2.66. The Bertz CT molecular complexity index is 1630. The van der Waals surface area contributed by atoms with Crippen molar-refractivity contribution in [3.8, 4) is 0 Å². The first kappa shape index (κ1) is 43.9. The molecule has 7 nitrogen and oxygen atoms in total. The minimum atomic E-state index is -1.12. The number of ether oxygens (including phenoxy) is 1. The van der Waals surface area contributed by atoms with Gasteiger partial charge in [0.05, 0.1) is 11.8 Å². The molecule has 1 saturated heterocycles. The molecule has 0 amide bonds. The molecule has 0 unspecified atom stereocenters. The predicted octanol–water partition coefficient (Wildman–Crippen LogP) is 10.2. The van der Waals surface area contributed by atoms with Crippen molar-refractivity contribution in [2.24, 2.45) is 62.1 Å². The lowest BCUT2D eigenvalue weighted by Gasteiger charge is -2.73. The average molecular weight is 800 g/mol. The number of fused-ring (bicyclic) bond motifs is 7. The molecule has 324 valence electrons. The van der Waals surface area contributed by atoms with E-state index in [1.165, 1.54) is 88.4 Å². The van der Waals surface area contributed by atoms with Crippen molar-refractivity contribution >= 4 is 11.9 Å². The predicted molar refractivity (Wildman–Crippen MR) is 235 cm³/mol. The second-order valence-corrected chi connectivity index (χ2v) is 22.7. The first-order chi connectivity index (χ1) is 27.4. The standard InChI is InChI=1S/C51H81N3O4/c1-36(2)38-18-24-51(21-13-27-52-28-29-53-30-32-54(33-31-53)35-37-14-11-10-12-15-37)26-25-49(8)39(44(38)51)16-17-41-48(7)22-20-42(58-43(55)34-46(3,4)45(56)57)47(5,6)40(48)19-23-50(41,49)9/h10-12,14-15,38-42,44,52H,1,13,16-35H2,2-9H3,(H,56,57)/t38-,39+,40-,41+,42-,44+,48-,49+,50+,51+/m0/s1. The van der Waals surface area contributed by atoms with Gasteiger partial charge < -0.3 is 15.2 Å². The molecular formula is C51H81N3O4. The van der Waals surface area contributed by atoms with E-state index in [0.717, 1.165) is 63.9 Å². The molecule has 7 rings (SSSR count). The van der Waals surface area contributed by atoms with Gasteiger partial charge in [0.15, 0.2) is 0 Å². The van der Waals surface area contributed by atoms with Crippen LogP contribution in [0.4, 0.5) is 0 Å². The van der Waals surface area contributed by atoms with Gasteiger partial charge in [0, 0.05) is 51.2 Å². The largest absolute Gasteiger partial charge is 0.481 e. The van der Waals surface area contributed by atoms with E-state index in [2.05, 4.69) is 93.6 Å². The van der Waals surface area contributed by atoms with Crippen LogP contribution in [0.3, 0.4) is 0 Å². The van der Waals surface area contributed by atoms with Gasteiger partial charge in [-0.25, -0.2) is 0 Å². The molecule has 6 fully saturated rings. The van der Waals surface area contributed by atoms with Gasteiger partial charge >= 0.3 is 11.9 Å². The van der Waals surface area contributed by atoms with Crippen molar-refractivity contribution in [3.63, 3.8) is 0 Å². The van der Waals surface area contributed by atoms with Gasteiger partial charge in [-0.2, -0.15) is 0 Å². The Morgan fingerprint density at radius 3 is 2.24 bits per heavy atom. The maximum atomic E-state index is 13.2. The lowest BCUT2D eigenvalue weighted by molar-refractivity contribution is -0.250. The molecule has 0 radical (unpaired) electrons. The molecule has 7 heteroatoms. The number of esters is 1. The van der Waals surface area contributed by atoms with Crippen LogP contribution in [-0.4, -0.2) is 78.8 Å². The van der Waals surface area contributed by atoms with Crippen molar-refractivity contribution in [2.75, 3.05) is 45.8 Å². The lowest BCUT2D eigenvalue weighted by atomic mass is 9.32. The number of nitrogens with zero attached hydrogens (tertiary/aromatic N) is 2. The molecule has 5 saturated carbocycles. The Kier molecular flexibility index (Phi) is 12.5. The van der Waals surface area contributed by atoms with E-state index in [1.54, 1.807) is 13.8 Å². The Balaban J connectivity index is 0.962. The van der Waals surface area contributed by atoms with E-state index < -0.39 is 11.4 Å². The summed E-state index contributed by atoms with van der Waals surface area (Å²) in [7, 11) is 0. The highest BCUT2D eigenvalue weighted by molar-refractivity contribution is 5.81. The monoisotopic (exact) mass is 800 g/mol. The molecule has 0 spiro atoms. The fourth-order valence-corrected chi connectivity index (χ4v) is 15.5. The van der Waals surface area contributed by atoms with E-state index in [9.17, 15) is 14.7 Å². The van der Waals surface area contributed by atoms with E-state index in [1.807, 2.05) is 0 Å². The summed E-state index contributed by atoms with van der Waals surface area (Å²) in [6, 6.07) is 10.9. The summed E-state index contributed by atoms with van der Waals surface area (Å²) in [5, 5.41) is 13.5. The van der Waals surface area contributed by atoms with Crippen molar-refractivity contribution in [1.82, 2.24) is 15.1 Å². The number of carboxylic acids is 1. The molecule has 1 aromatic rings. The van der Waals surface area contributed by atoms with Gasteiger partial charge in [0.25, 0.3) is 0 Å². The SMILES string of the molecule is C=C(C)[C@@H]1CC[C@]2(CCCNCCN3CCN(Cc4ccccc4)CC3)CC[C@]3(C)[C@H](CC[C@@H]4[C@@]5(C)CC[C@H](OC(=O)CC(C)(C)C(=O)O)C(C)(C)[C@@H]5CC[C@]43C)[C@@H]12. The zero-order valence-corrected chi connectivity index (χ0v) is 38.0. The molecule has 58 heavy (non-hydrogen) atoms. The topological polar surface area (TPSA) is 82.1 Å². The molecule has 6 aliphatic rings. The minimum Gasteiger partial charge on any atom is -0.481 e. The van der Waals surface area contributed by atoms with E-state index in [0.29, 0.717) is 28.6 Å². The fourth-order valence-electron chi connectivity index (χ4n) is 15.5. The summed E-state index contributed by atoms with van der Waals surface area (Å²) < 4.78 is 6.23. The number of piperazine rings is 1. The molecule has 2 N–H and O–H groups in total. The summed E-state index contributed by atoms with van der Waals surface area (Å²) in [5.74, 6) is 1.98. The molecule has 10 atom stereocenters. The van der Waals surface area contributed by atoms with Crippen LogP contribution in [0.2, 0.25) is 0 Å². The third kappa shape index (κ3) is 7.89. The highest BCUT2D eigenvalue weighted by Gasteiger charge is 2.71. The molecule has 5 aliphatic carbocycles. The van der Waals surface area contributed by atoms with Gasteiger partial charge in [-0.3, -0.25) is 19.4 Å². The Morgan fingerprint density at radius 1 is 0.845 bits per heavy atom. The normalized spacial score (nSPS) is 38.8. The Morgan fingerprint density at radius 2 is 1.55 bits per heavy atom. The second kappa shape index (κ2) is 16.6. The summed E-state index contributed by atoms with van der Waals surface area (Å²) in [4.78, 5) is 30.2. The van der Waals surface area contributed by atoms with Crippen LogP contribution in [0.15, 0.2) is 42.5 Å². The first-order valence-corrected chi connectivity index (χ1v) is 23.6. The van der Waals surface area contributed by atoms with E-state index in [4.69, 9.17) is 4.74 Å². The molecule has 1 aliphatic heterocycles. The summed E-state index contributed by atoms with van der Waals surface area (Å²) >= 11 is 0. The molecular weight excluding hydrogens is 719 g/mol. The van der Waals surface area contributed by atoms with Crippen LogP contribution in [0, 0.1) is 62.1 Å². The number of aliphatic carboxylic acids is 1. The molecule has 0 aromatic heterocycles. The summed E-state index contributed by atoms with van der Waals surface area (Å²) in [6.07, 6.45) is 14.9. The van der Waals surface area contributed by atoms with Crippen molar-refractivity contribution in [3.05, 3.63) is 48.0 Å². The average Bonchev–Trinajstić information content (AvgIpc) is 3.55. The number of allylic oxidation sites excluding steroid dienone is 1.